The first-order valence-electron chi connectivity index (χ1n) is 6.11. The Morgan fingerprint density at radius 1 is 1.26 bits per heavy atom. The Bertz CT molecular complexity index is 746. The van der Waals surface area contributed by atoms with Crippen molar-refractivity contribution in [1.29, 1.82) is 0 Å². The summed E-state index contributed by atoms with van der Waals surface area (Å²) in [5, 5.41) is 0. The van der Waals surface area contributed by atoms with Crippen LogP contribution in [0.3, 0.4) is 0 Å². The normalized spacial score (nSPS) is 11.1. The third kappa shape index (κ3) is 2.36. The maximum absolute atomic E-state index is 6.17. The summed E-state index contributed by atoms with van der Waals surface area (Å²) in [7, 11) is 0. The first-order valence-corrected chi connectivity index (χ1v) is 6.90. The van der Waals surface area contributed by atoms with E-state index >= 15 is 0 Å². The van der Waals surface area contributed by atoms with Gasteiger partial charge in [-0.25, -0.2) is 4.98 Å². The van der Waals surface area contributed by atoms with E-state index in [2.05, 4.69) is 52.1 Å². The number of pyridine rings is 1. The number of aryl methyl sites for hydroxylation is 1. The van der Waals surface area contributed by atoms with Crippen molar-refractivity contribution < 1.29 is 0 Å². The van der Waals surface area contributed by atoms with Gasteiger partial charge in [-0.2, -0.15) is 0 Å². The summed E-state index contributed by atoms with van der Waals surface area (Å²) in [6.45, 7) is 2.09. The molecule has 96 valence electrons. The minimum atomic E-state index is 0.706. The molecule has 0 spiro atoms. The van der Waals surface area contributed by atoms with Gasteiger partial charge in [0.1, 0.15) is 11.5 Å². The van der Waals surface area contributed by atoms with Gasteiger partial charge in [-0.1, -0.05) is 29.8 Å². The Morgan fingerprint density at radius 3 is 2.89 bits per heavy atom. The van der Waals surface area contributed by atoms with E-state index < -0.39 is 0 Å². The highest BCUT2D eigenvalue weighted by atomic mass is 79.9. The standard InChI is InChI=1S/C15H14BrN3/c1-10-3-2-4-11(7-10)8-13-15(17)19-9-12(16)5-6-14(19)18-13/h2-7,9H,8,17H2,1H3. The number of rotatable bonds is 2. The molecule has 0 saturated heterocycles. The first-order chi connectivity index (χ1) is 9.13. The molecule has 1 aromatic carbocycles. The monoisotopic (exact) mass is 315 g/mol. The fourth-order valence-electron chi connectivity index (χ4n) is 2.23. The average Bonchev–Trinajstić information content (AvgIpc) is 2.67. The topological polar surface area (TPSA) is 43.3 Å². The van der Waals surface area contributed by atoms with Crippen LogP contribution >= 0.6 is 15.9 Å². The fourth-order valence-corrected chi connectivity index (χ4v) is 2.57. The molecule has 0 aliphatic rings. The maximum atomic E-state index is 6.17. The van der Waals surface area contributed by atoms with Crippen molar-refractivity contribution in [3.63, 3.8) is 0 Å². The summed E-state index contributed by atoms with van der Waals surface area (Å²) in [6, 6.07) is 12.4. The van der Waals surface area contributed by atoms with Crippen LogP contribution in [0.5, 0.6) is 0 Å². The summed E-state index contributed by atoms with van der Waals surface area (Å²) in [6.07, 6.45) is 2.70. The number of fused-ring (bicyclic) bond motifs is 1. The number of hydrogen-bond donors (Lipinski definition) is 1. The van der Waals surface area contributed by atoms with Crippen LogP contribution in [0.15, 0.2) is 47.1 Å². The zero-order valence-electron chi connectivity index (χ0n) is 10.6. The molecule has 0 atom stereocenters. The van der Waals surface area contributed by atoms with E-state index in [1.54, 1.807) is 0 Å². The zero-order valence-corrected chi connectivity index (χ0v) is 12.2. The number of imidazole rings is 1. The predicted octanol–water partition coefficient (Wildman–Crippen LogP) is 3.58. The molecule has 2 heterocycles. The highest BCUT2D eigenvalue weighted by Gasteiger charge is 2.10. The molecule has 0 fully saturated rings. The molecule has 0 saturated carbocycles. The zero-order chi connectivity index (χ0) is 13.4. The molecule has 3 nitrogen and oxygen atoms in total. The number of nitrogen functional groups attached to an aromatic ring is 1. The van der Waals surface area contributed by atoms with Crippen LogP contribution in [-0.2, 0) is 6.42 Å². The van der Waals surface area contributed by atoms with Crippen LogP contribution in [0, 0.1) is 6.92 Å². The van der Waals surface area contributed by atoms with Crippen molar-refractivity contribution in [2.24, 2.45) is 0 Å². The van der Waals surface area contributed by atoms with E-state index in [0.29, 0.717) is 5.82 Å². The molecule has 2 aromatic heterocycles. The smallest absolute Gasteiger partial charge is 0.138 e. The molecule has 2 N–H and O–H groups in total. The summed E-state index contributed by atoms with van der Waals surface area (Å²) in [5.74, 6) is 0.706. The van der Waals surface area contributed by atoms with Crippen molar-refractivity contribution in [3.8, 4) is 0 Å². The van der Waals surface area contributed by atoms with Gasteiger partial charge in [0.2, 0.25) is 0 Å². The second-order valence-electron chi connectivity index (χ2n) is 4.69. The molecule has 19 heavy (non-hydrogen) atoms. The molecule has 0 amide bonds. The number of hydrogen-bond acceptors (Lipinski definition) is 2. The third-order valence-corrected chi connectivity index (χ3v) is 3.62. The van der Waals surface area contributed by atoms with Crippen molar-refractivity contribution in [2.45, 2.75) is 13.3 Å². The lowest BCUT2D eigenvalue weighted by Gasteiger charge is -2.01. The molecule has 0 radical (unpaired) electrons. The second-order valence-corrected chi connectivity index (χ2v) is 5.60. The van der Waals surface area contributed by atoms with Gasteiger partial charge in [-0.05, 0) is 40.5 Å². The van der Waals surface area contributed by atoms with Crippen molar-refractivity contribution in [1.82, 2.24) is 9.38 Å². The Kier molecular flexibility index (Phi) is 3.03. The van der Waals surface area contributed by atoms with Crippen LogP contribution in [0.25, 0.3) is 5.65 Å². The Labute approximate surface area is 120 Å². The molecule has 0 bridgehead atoms. The van der Waals surface area contributed by atoms with Crippen LogP contribution in [0.1, 0.15) is 16.8 Å². The molecule has 0 unspecified atom stereocenters. The second kappa shape index (κ2) is 4.70. The van der Waals surface area contributed by atoms with E-state index in [1.807, 2.05) is 22.7 Å². The van der Waals surface area contributed by atoms with Gasteiger partial charge in [0, 0.05) is 17.1 Å². The van der Waals surface area contributed by atoms with Crippen molar-refractivity contribution in [3.05, 3.63) is 63.9 Å². The van der Waals surface area contributed by atoms with E-state index in [0.717, 1.165) is 22.2 Å². The number of benzene rings is 1. The quantitative estimate of drug-likeness (QED) is 0.785. The predicted molar refractivity (Wildman–Crippen MR) is 81.3 cm³/mol. The number of aromatic nitrogens is 2. The van der Waals surface area contributed by atoms with Crippen LogP contribution in [0.4, 0.5) is 5.82 Å². The van der Waals surface area contributed by atoms with E-state index in [4.69, 9.17) is 5.73 Å². The van der Waals surface area contributed by atoms with Crippen LogP contribution in [0.2, 0.25) is 0 Å². The minimum Gasteiger partial charge on any atom is -0.383 e. The molecule has 3 aromatic rings. The van der Waals surface area contributed by atoms with Crippen LogP contribution in [-0.4, -0.2) is 9.38 Å². The van der Waals surface area contributed by atoms with Crippen molar-refractivity contribution >= 4 is 27.4 Å². The van der Waals surface area contributed by atoms with Gasteiger partial charge in [-0.3, -0.25) is 4.40 Å². The van der Waals surface area contributed by atoms with Gasteiger partial charge < -0.3 is 5.73 Å². The summed E-state index contributed by atoms with van der Waals surface area (Å²) in [4.78, 5) is 4.60. The highest BCUT2D eigenvalue weighted by Crippen LogP contribution is 2.21. The highest BCUT2D eigenvalue weighted by molar-refractivity contribution is 9.10. The molecule has 0 aliphatic carbocycles. The summed E-state index contributed by atoms with van der Waals surface area (Å²) >= 11 is 3.45. The van der Waals surface area contributed by atoms with E-state index in [-0.39, 0.29) is 0 Å². The van der Waals surface area contributed by atoms with Gasteiger partial charge >= 0.3 is 0 Å². The average molecular weight is 316 g/mol. The van der Waals surface area contributed by atoms with Gasteiger partial charge in [-0.15, -0.1) is 0 Å². The van der Waals surface area contributed by atoms with Gasteiger partial charge in [0.25, 0.3) is 0 Å². The number of nitrogens with two attached hydrogens (primary N) is 1. The Morgan fingerprint density at radius 2 is 2.11 bits per heavy atom. The largest absolute Gasteiger partial charge is 0.383 e. The lowest BCUT2D eigenvalue weighted by atomic mass is 10.1. The maximum Gasteiger partial charge on any atom is 0.138 e. The molecule has 3 rings (SSSR count). The van der Waals surface area contributed by atoms with Crippen molar-refractivity contribution in [2.75, 3.05) is 5.73 Å². The Hall–Kier alpha value is -1.81. The molecular formula is C15H14BrN3. The first kappa shape index (κ1) is 12.2. The lowest BCUT2D eigenvalue weighted by molar-refractivity contribution is 1.11. The van der Waals surface area contributed by atoms with Gasteiger partial charge in [0.05, 0.1) is 5.69 Å². The third-order valence-electron chi connectivity index (χ3n) is 3.15. The lowest BCUT2D eigenvalue weighted by Crippen LogP contribution is -1.97. The van der Waals surface area contributed by atoms with Gasteiger partial charge in [0.15, 0.2) is 0 Å². The van der Waals surface area contributed by atoms with E-state index in [1.165, 1.54) is 11.1 Å². The van der Waals surface area contributed by atoms with E-state index in [9.17, 15) is 0 Å². The number of anilines is 1. The number of halogens is 1. The fraction of sp³-hybridized carbons (Fsp3) is 0.133. The summed E-state index contributed by atoms with van der Waals surface area (Å²) < 4.78 is 2.90. The molecule has 0 aliphatic heterocycles. The minimum absolute atomic E-state index is 0.706. The summed E-state index contributed by atoms with van der Waals surface area (Å²) in [5.41, 5.74) is 10.5. The SMILES string of the molecule is Cc1cccc(Cc2nc3ccc(Br)cn3c2N)c1. The Balaban J connectivity index is 2.04. The molecule has 4 heteroatoms. The van der Waals surface area contributed by atoms with Crippen LogP contribution < -0.4 is 5.73 Å². The number of nitrogens with zero attached hydrogens (tertiary/aromatic N) is 2. The molecular weight excluding hydrogens is 302 g/mol.